The molecule has 0 bridgehead atoms. The van der Waals surface area contributed by atoms with Crippen molar-refractivity contribution < 1.29 is 9.59 Å². The van der Waals surface area contributed by atoms with Gasteiger partial charge in [0.25, 0.3) is 0 Å². The van der Waals surface area contributed by atoms with Gasteiger partial charge < -0.3 is 10.2 Å². The lowest BCUT2D eigenvalue weighted by atomic mass is 9.85. The number of hydrogen-bond donors (Lipinski definition) is 1. The number of rotatable bonds is 2. The average molecular weight is 419 g/mol. The van der Waals surface area contributed by atoms with E-state index in [1.54, 1.807) is 17.0 Å². The number of likely N-dealkylation sites (tertiary alicyclic amines) is 1. The van der Waals surface area contributed by atoms with E-state index in [0.29, 0.717) is 23.7 Å². The molecule has 7 heteroatoms. The normalized spacial score (nSPS) is 14.3. The highest BCUT2D eigenvalue weighted by Gasteiger charge is 2.28. The maximum atomic E-state index is 12.5. The van der Waals surface area contributed by atoms with Gasteiger partial charge in [-0.2, -0.15) is 5.26 Å². The quantitative estimate of drug-likeness (QED) is 0.634. The van der Waals surface area contributed by atoms with Crippen molar-refractivity contribution in [3.8, 4) is 6.07 Å². The van der Waals surface area contributed by atoms with Crippen molar-refractivity contribution in [1.29, 1.82) is 5.26 Å². The van der Waals surface area contributed by atoms with Gasteiger partial charge in [0.05, 0.1) is 16.7 Å². The van der Waals surface area contributed by atoms with Crippen LogP contribution in [0.1, 0.15) is 29.9 Å². The van der Waals surface area contributed by atoms with Crippen LogP contribution in [0.3, 0.4) is 0 Å². The smallest absolute Gasteiger partial charge is 0.315 e. The zero-order chi connectivity index (χ0) is 21.1. The van der Waals surface area contributed by atoms with Crippen molar-refractivity contribution in [2.24, 2.45) is 0 Å². The molecule has 0 atom stereocenters. The molecular formula is C23H19ClN4O2. The summed E-state index contributed by atoms with van der Waals surface area (Å²) < 4.78 is 0. The molecule has 30 heavy (non-hydrogen) atoms. The summed E-state index contributed by atoms with van der Waals surface area (Å²) in [6.07, 6.45) is 2.93. The minimum absolute atomic E-state index is 0.271. The molecule has 0 unspecified atom stereocenters. The first-order chi connectivity index (χ1) is 14.6. The van der Waals surface area contributed by atoms with E-state index in [2.05, 4.69) is 16.4 Å². The van der Waals surface area contributed by atoms with Crippen LogP contribution in [-0.2, 0) is 9.59 Å². The SMILES string of the molecule is N#Cc1ccc(C2CCN(C(=O)C(=O)Nc3ccc(Cl)cn3)CC2)c2ccccc12. The number of piperidine rings is 1. The molecule has 150 valence electrons. The van der Waals surface area contributed by atoms with Gasteiger partial charge in [0, 0.05) is 19.3 Å². The molecule has 1 N–H and O–H groups in total. The molecule has 1 aliphatic heterocycles. The highest BCUT2D eigenvalue weighted by atomic mass is 35.5. The molecule has 0 radical (unpaired) electrons. The predicted molar refractivity (Wildman–Crippen MR) is 115 cm³/mol. The molecule has 6 nitrogen and oxygen atoms in total. The van der Waals surface area contributed by atoms with E-state index in [1.807, 2.05) is 36.4 Å². The molecule has 3 aromatic rings. The van der Waals surface area contributed by atoms with Gasteiger partial charge in [-0.1, -0.05) is 41.9 Å². The Morgan fingerprint density at radius 3 is 2.47 bits per heavy atom. The second kappa shape index (κ2) is 8.52. The maximum absolute atomic E-state index is 12.5. The van der Waals surface area contributed by atoms with Gasteiger partial charge >= 0.3 is 11.8 Å². The minimum atomic E-state index is -0.702. The first-order valence-corrected chi connectivity index (χ1v) is 10.1. The molecule has 0 spiro atoms. The van der Waals surface area contributed by atoms with Gasteiger partial charge in [-0.15, -0.1) is 0 Å². The maximum Gasteiger partial charge on any atom is 0.315 e. The number of nitriles is 1. The lowest BCUT2D eigenvalue weighted by Crippen LogP contribution is -2.43. The van der Waals surface area contributed by atoms with Crippen LogP contribution in [-0.4, -0.2) is 34.8 Å². The molecule has 0 saturated carbocycles. The first-order valence-electron chi connectivity index (χ1n) is 9.70. The number of pyridine rings is 1. The van der Waals surface area contributed by atoms with Crippen LogP contribution >= 0.6 is 11.6 Å². The van der Waals surface area contributed by atoms with Crippen LogP contribution < -0.4 is 5.32 Å². The molecule has 1 fully saturated rings. The monoisotopic (exact) mass is 418 g/mol. The molecule has 1 saturated heterocycles. The summed E-state index contributed by atoms with van der Waals surface area (Å²) in [5.41, 5.74) is 1.85. The van der Waals surface area contributed by atoms with E-state index >= 15 is 0 Å². The molecule has 2 aromatic carbocycles. The zero-order valence-electron chi connectivity index (χ0n) is 16.1. The number of anilines is 1. The van der Waals surface area contributed by atoms with Crippen molar-refractivity contribution in [3.05, 3.63) is 70.9 Å². The second-order valence-electron chi connectivity index (χ2n) is 7.24. The molecule has 2 amide bonds. The Labute approximate surface area is 179 Å². The number of halogens is 1. The molecular weight excluding hydrogens is 400 g/mol. The predicted octanol–water partition coefficient (Wildman–Crippen LogP) is 4.10. The summed E-state index contributed by atoms with van der Waals surface area (Å²) in [7, 11) is 0. The third-order valence-corrected chi connectivity index (χ3v) is 5.69. The largest absolute Gasteiger partial charge is 0.334 e. The Bertz CT molecular complexity index is 1150. The summed E-state index contributed by atoms with van der Waals surface area (Å²) in [5.74, 6) is -0.702. The Hall–Kier alpha value is -3.43. The third-order valence-electron chi connectivity index (χ3n) is 5.46. The van der Waals surface area contributed by atoms with Gasteiger partial charge in [0.15, 0.2) is 0 Å². The van der Waals surface area contributed by atoms with Crippen molar-refractivity contribution in [2.45, 2.75) is 18.8 Å². The van der Waals surface area contributed by atoms with Gasteiger partial charge in [-0.25, -0.2) is 4.98 Å². The number of hydrogen-bond acceptors (Lipinski definition) is 4. The van der Waals surface area contributed by atoms with Crippen molar-refractivity contribution >= 4 is 40.0 Å². The summed E-state index contributed by atoms with van der Waals surface area (Å²) >= 11 is 5.78. The standard InChI is InChI=1S/C23H19ClN4O2/c24-17-6-8-21(26-14-17)27-22(29)23(30)28-11-9-15(10-12-28)19-7-5-16(13-25)18-3-1-2-4-20(18)19/h1-8,14-15H,9-12H2,(H,26,27,29). The molecule has 0 aliphatic carbocycles. The molecule has 4 rings (SSSR count). The van der Waals surface area contributed by atoms with Gasteiger partial charge in [-0.3, -0.25) is 9.59 Å². The van der Waals surface area contributed by atoms with Crippen LogP contribution in [0.4, 0.5) is 5.82 Å². The van der Waals surface area contributed by atoms with E-state index in [9.17, 15) is 14.9 Å². The summed E-state index contributed by atoms with van der Waals surface area (Å²) in [6.45, 7) is 0.999. The summed E-state index contributed by atoms with van der Waals surface area (Å²) in [5, 5.41) is 14.4. The van der Waals surface area contributed by atoms with E-state index in [0.717, 1.165) is 23.6 Å². The van der Waals surface area contributed by atoms with Crippen molar-refractivity contribution in [2.75, 3.05) is 18.4 Å². The number of carbonyl (C=O) groups excluding carboxylic acids is 2. The van der Waals surface area contributed by atoms with Crippen LogP contribution in [0.25, 0.3) is 10.8 Å². The number of nitrogens with zero attached hydrogens (tertiary/aromatic N) is 3. The van der Waals surface area contributed by atoms with E-state index in [4.69, 9.17) is 11.6 Å². The first kappa shape index (κ1) is 19.9. The average Bonchev–Trinajstić information content (AvgIpc) is 2.79. The highest BCUT2D eigenvalue weighted by Crippen LogP contribution is 2.34. The molecule has 1 aliphatic rings. The van der Waals surface area contributed by atoms with E-state index in [-0.39, 0.29) is 11.7 Å². The highest BCUT2D eigenvalue weighted by molar-refractivity contribution is 6.39. The third kappa shape index (κ3) is 3.98. The lowest BCUT2D eigenvalue weighted by Gasteiger charge is -2.32. The van der Waals surface area contributed by atoms with E-state index in [1.165, 1.54) is 11.8 Å². The zero-order valence-corrected chi connectivity index (χ0v) is 16.9. The number of carbonyl (C=O) groups is 2. The topological polar surface area (TPSA) is 86.1 Å². The Balaban J connectivity index is 1.43. The molecule has 2 heterocycles. The van der Waals surface area contributed by atoms with Crippen molar-refractivity contribution in [1.82, 2.24) is 9.88 Å². The number of amides is 2. The van der Waals surface area contributed by atoms with Crippen LogP contribution in [0.15, 0.2) is 54.7 Å². The fourth-order valence-corrected chi connectivity index (χ4v) is 4.04. The van der Waals surface area contributed by atoms with E-state index < -0.39 is 11.8 Å². The number of benzene rings is 2. The fourth-order valence-electron chi connectivity index (χ4n) is 3.93. The number of nitrogens with one attached hydrogen (secondary N) is 1. The van der Waals surface area contributed by atoms with Crippen LogP contribution in [0, 0.1) is 11.3 Å². The summed E-state index contributed by atoms with van der Waals surface area (Å²) in [6, 6.07) is 17.2. The Morgan fingerprint density at radius 1 is 1.07 bits per heavy atom. The Morgan fingerprint density at radius 2 is 1.80 bits per heavy atom. The Kier molecular flexibility index (Phi) is 5.64. The van der Waals surface area contributed by atoms with Gasteiger partial charge in [0.2, 0.25) is 0 Å². The summed E-state index contributed by atoms with van der Waals surface area (Å²) in [4.78, 5) is 30.4. The minimum Gasteiger partial charge on any atom is -0.334 e. The number of aromatic nitrogens is 1. The van der Waals surface area contributed by atoms with Gasteiger partial charge in [0.1, 0.15) is 5.82 Å². The fraction of sp³-hybridized carbons (Fsp3) is 0.217. The molecule has 1 aromatic heterocycles. The van der Waals surface area contributed by atoms with Crippen molar-refractivity contribution in [3.63, 3.8) is 0 Å². The second-order valence-corrected chi connectivity index (χ2v) is 7.68. The van der Waals surface area contributed by atoms with Gasteiger partial charge in [-0.05, 0) is 53.3 Å². The van der Waals surface area contributed by atoms with Crippen LogP contribution in [0.2, 0.25) is 5.02 Å². The number of fused-ring (bicyclic) bond motifs is 1. The lowest BCUT2D eigenvalue weighted by molar-refractivity contribution is -0.143. The van der Waals surface area contributed by atoms with Crippen LogP contribution in [0.5, 0.6) is 0 Å².